The van der Waals surface area contributed by atoms with Gasteiger partial charge in [0.05, 0.1) is 10.7 Å². The Morgan fingerprint density at radius 3 is 3.07 bits per heavy atom. The molecule has 0 spiro atoms. The van der Waals surface area contributed by atoms with Gasteiger partial charge in [0, 0.05) is 13.0 Å². The largest absolute Gasteiger partial charge is 0.366 e. The summed E-state index contributed by atoms with van der Waals surface area (Å²) in [6.45, 7) is 2.86. The Labute approximate surface area is 93.9 Å². The lowest BCUT2D eigenvalue weighted by molar-refractivity contribution is 0.0198. The third-order valence-electron chi connectivity index (χ3n) is 2.67. The predicted octanol–water partition coefficient (Wildman–Crippen LogP) is 2.09. The number of nitrogens with one attached hydrogen (secondary N) is 1. The first-order valence-electron chi connectivity index (χ1n) is 5.32. The lowest BCUT2D eigenvalue weighted by Crippen LogP contribution is -2.44. The normalized spacial score (nSPS) is 19.7. The van der Waals surface area contributed by atoms with Gasteiger partial charge in [-0.2, -0.15) is 0 Å². The lowest BCUT2D eigenvalue weighted by Gasteiger charge is -2.27. The van der Waals surface area contributed by atoms with E-state index in [4.69, 9.17) is 0 Å². The number of rotatable bonds is 3. The van der Waals surface area contributed by atoms with E-state index in [0.717, 1.165) is 30.1 Å². The Balaban J connectivity index is 2.14. The number of nitrogens with zero attached hydrogens (tertiary/aromatic N) is 1. The van der Waals surface area contributed by atoms with E-state index in [-0.39, 0.29) is 0 Å². The topological polar surface area (TPSA) is 44.6 Å². The molecule has 1 unspecified atom stereocenters. The first-order chi connectivity index (χ1) is 7.24. The van der Waals surface area contributed by atoms with Gasteiger partial charge in [-0.15, -0.1) is 11.3 Å². The van der Waals surface area contributed by atoms with Crippen LogP contribution >= 0.6 is 11.3 Å². The van der Waals surface area contributed by atoms with Crippen LogP contribution in [0.4, 0.5) is 0 Å². The average Bonchev–Trinajstić information content (AvgIpc) is 2.89. The van der Waals surface area contributed by atoms with Crippen molar-refractivity contribution in [2.45, 2.75) is 31.9 Å². The van der Waals surface area contributed by atoms with Crippen LogP contribution < -0.4 is 5.32 Å². The van der Waals surface area contributed by atoms with E-state index < -0.39 is 5.72 Å². The van der Waals surface area contributed by atoms with Crippen LogP contribution in [-0.4, -0.2) is 17.5 Å². The highest BCUT2D eigenvalue weighted by Crippen LogP contribution is 2.26. The minimum atomic E-state index is -0.933. The second-order valence-electron chi connectivity index (χ2n) is 3.75. The molecule has 0 saturated carbocycles. The fourth-order valence-electron chi connectivity index (χ4n) is 1.72. The first-order valence-corrected chi connectivity index (χ1v) is 6.20. The van der Waals surface area contributed by atoms with Gasteiger partial charge < -0.3 is 10.4 Å². The van der Waals surface area contributed by atoms with Crippen molar-refractivity contribution in [3.8, 4) is 0 Å². The van der Waals surface area contributed by atoms with Gasteiger partial charge in [-0.1, -0.05) is 13.0 Å². The van der Waals surface area contributed by atoms with Crippen LogP contribution in [0.25, 0.3) is 0 Å². The summed E-state index contributed by atoms with van der Waals surface area (Å²) < 4.78 is 0. The quantitative estimate of drug-likeness (QED) is 0.772. The number of amidine groups is 1. The van der Waals surface area contributed by atoms with Crippen molar-refractivity contribution < 1.29 is 5.11 Å². The molecule has 1 aromatic heterocycles. The van der Waals surface area contributed by atoms with Crippen LogP contribution in [0.15, 0.2) is 22.5 Å². The molecule has 2 heterocycles. The highest BCUT2D eigenvalue weighted by Gasteiger charge is 2.29. The second kappa shape index (κ2) is 4.33. The second-order valence-corrected chi connectivity index (χ2v) is 4.70. The van der Waals surface area contributed by atoms with Crippen LogP contribution in [0.5, 0.6) is 0 Å². The summed E-state index contributed by atoms with van der Waals surface area (Å²) >= 11 is 1.57. The van der Waals surface area contributed by atoms with E-state index >= 15 is 0 Å². The van der Waals surface area contributed by atoms with E-state index in [1.54, 1.807) is 11.3 Å². The minimum absolute atomic E-state index is 0.645. The van der Waals surface area contributed by atoms with Crippen LogP contribution in [-0.2, 0) is 5.72 Å². The molecule has 0 saturated heterocycles. The van der Waals surface area contributed by atoms with Crippen molar-refractivity contribution in [3.63, 3.8) is 0 Å². The maximum Gasteiger partial charge on any atom is 0.171 e. The van der Waals surface area contributed by atoms with E-state index in [2.05, 4.69) is 10.3 Å². The molecule has 1 atom stereocenters. The molecular weight excluding hydrogens is 208 g/mol. The van der Waals surface area contributed by atoms with Crippen molar-refractivity contribution in [2.75, 3.05) is 6.54 Å². The summed E-state index contributed by atoms with van der Waals surface area (Å²) in [6.07, 6.45) is 2.69. The Bertz CT molecular complexity index is 347. The number of hydrogen-bond donors (Lipinski definition) is 2. The Kier molecular flexibility index (Phi) is 3.07. The standard InChI is InChI=1S/C11H16N2OS/c1-2-11(14,9-5-4-8-15-9)13-10-6-3-7-12-10/h4-5,8,14H,2-3,6-7H2,1H3,(H,12,13). The molecule has 82 valence electrons. The monoisotopic (exact) mass is 224 g/mol. The fraction of sp³-hybridized carbons (Fsp3) is 0.545. The molecule has 4 heteroatoms. The Morgan fingerprint density at radius 1 is 1.67 bits per heavy atom. The third kappa shape index (κ3) is 2.21. The molecule has 0 aromatic carbocycles. The SMILES string of the molecule is CCC(O)(NC1=NCCC1)c1cccs1. The van der Waals surface area contributed by atoms with Crippen LogP contribution in [0, 0.1) is 0 Å². The number of aliphatic imine (C=N–C) groups is 1. The fourth-order valence-corrected chi connectivity index (χ4v) is 2.57. The molecule has 0 aliphatic carbocycles. The van der Waals surface area contributed by atoms with Gasteiger partial charge in [-0.05, 0) is 24.3 Å². The van der Waals surface area contributed by atoms with E-state index in [9.17, 15) is 5.11 Å². The zero-order chi connectivity index (χ0) is 10.7. The highest BCUT2D eigenvalue weighted by molar-refractivity contribution is 7.10. The molecule has 0 radical (unpaired) electrons. The molecule has 3 nitrogen and oxygen atoms in total. The zero-order valence-corrected chi connectivity index (χ0v) is 9.68. The summed E-state index contributed by atoms with van der Waals surface area (Å²) in [5, 5.41) is 15.6. The molecule has 0 fully saturated rings. The number of hydrogen-bond acceptors (Lipinski definition) is 4. The Hall–Kier alpha value is -0.870. The molecular formula is C11H16N2OS. The van der Waals surface area contributed by atoms with Gasteiger partial charge in [0.1, 0.15) is 0 Å². The molecule has 1 aromatic rings. The van der Waals surface area contributed by atoms with Gasteiger partial charge in [-0.25, -0.2) is 0 Å². The molecule has 1 aliphatic heterocycles. The van der Waals surface area contributed by atoms with Crippen molar-refractivity contribution in [3.05, 3.63) is 22.4 Å². The third-order valence-corrected chi connectivity index (χ3v) is 3.69. The molecule has 2 rings (SSSR count). The van der Waals surface area contributed by atoms with Crippen molar-refractivity contribution in [1.29, 1.82) is 0 Å². The Morgan fingerprint density at radius 2 is 2.53 bits per heavy atom. The molecule has 0 amide bonds. The van der Waals surface area contributed by atoms with Crippen LogP contribution in [0.2, 0.25) is 0 Å². The molecule has 0 bridgehead atoms. The molecule has 1 aliphatic rings. The van der Waals surface area contributed by atoms with Crippen molar-refractivity contribution in [1.82, 2.24) is 5.32 Å². The molecule has 2 N–H and O–H groups in total. The number of thiophene rings is 1. The van der Waals surface area contributed by atoms with E-state index in [1.807, 2.05) is 24.4 Å². The van der Waals surface area contributed by atoms with Crippen molar-refractivity contribution in [2.24, 2.45) is 4.99 Å². The smallest absolute Gasteiger partial charge is 0.171 e. The summed E-state index contributed by atoms with van der Waals surface area (Å²) in [5.74, 6) is 0.938. The minimum Gasteiger partial charge on any atom is -0.366 e. The van der Waals surface area contributed by atoms with Crippen LogP contribution in [0.1, 0.15) is 31.1 Å². The van der Waals surface area contributed by atoms with Crippen molar-refractivity contribution >= 4 is 17.2 Å². The first kappa shape index (κ1) is 10.6. The van der Waals surface area contributed by atoms with Gasteiger partial charge in [0.25, 0.3) is 0 Å². The highest BCUT2D eigenvalue weighted by atomic mass is 32.1. The van der Waals surface area contributed by atoms with Gasteiger partial charge in [-0.3, -0.25) is 4.99 Å². The predicted molar refractivity (Wildman–Crippen MR) is 63.2 cm³/mol. The lowest BCUT2D eigenvalue weighted by atomic mass is 10.1. The van der Waals surface area contributed by atoms with E-state index in [1.165, 1.54) is 0 Å². The summed E-state index contributed by atoms with van der Waals surface area (Å²) in [6, 6.07) is 3.91. The summed E-state index contributed by atoms with van der Waals surface area (Å²) in [4.78, 5) is 5.29. The summed E-state index contributed by atoms with van der Waals surface area (Å²) in [5.41, 5.74) is -0.933. The maximum absolute atomic E-state index is 10.5. The average molecular weight is 224 g/mol. The van der Waals surface area contributed by atoms with Gasteiger partial charge in [0.2, 0.25) is 0 Å². The van der Waals surface area contributed by atoms with Crippen LogP contribution in [0.3, 0.4) is 0 Å². The van der Waals surface area contributed by atoms with Gasteiger partial charge in [0.15, 0.2) is 5.72 Å². The zero-order valence-electron chi connectivity index (χ0n) is 8.86. The summed E-state index contributed by atoms with van der Waals surface area (Å²) in [7, 11) is 0. The van der Waals surface area contributed by atoms with E-state index in [0.29, 0.717) is 6.42 Å². The molecule has 15 heavy (non-hydrogen) atoms. The maximum atomic E-state index is 10.5. The number of aliphatic hydroxyl groups is 1. The van der Waals surface area contributed by atoms with Gasteiger partial charge >= 0.3 is 0 Å².